The van der Waals surface area contributed by atoms with Gasteiger partial charge in [-0.25, -0.2) is 4.98 Å². The number of aryl methyl sites for hydroxylation is 3. The Morgan fingerprint density at radius 1 is 1.18 bits per heavy atom. The van der Waals surface area contributed by atoms with Gasteiger partial charge in [-0.3, -0.25) is 10.1 Å². The molecule has 1 amide bonds. The third-order valence-corrected chi connectivity index (χ3v) is 4.03. The molecule has 112 valence electrons. The highest BCUT2D eigenvalue weighted by molar-refractivity contribution is 7.09. The van der Waals surface area contributed by atoms with Gasteiger partial charge in [0.05, 0.1) is 5.01 Å². The number of hydrogen-bond acceptors (Lipinski definition) is 6. The Balaban J connectivity index is 1.77. The molecule has 7 heteroatoms. The first kappa shape index (κ1) is 14.4. The number of aromatic nitrogens is 3. The lowest BCUT2D eigenvalue weighted by molar-refractivity contribution is 0.102. The minimum atomic E-state index is -0.284. The van der Waals surface area contributed by atoms with E-state index in [9.17, 15) is 4.79 Å². The van der Waals surface area contributed by atoms with Crippen molar-refractivity contribution in [2.75, 3.05) is 5.32 Å². The summed E-state index contributed by atoms with van der Waals surface area (Å²) >= 11 is 1.50. The number of anilines is 1. The van der Waals surface area contributed by atoms with E-state index in [0.29, 0.717) is 17.1 Å². The van der Waals surface area contributed by atoms with Crippen molar-refractivity contribution >= 4 is 23.3 Å². The highest BCUT2D eigenvalue weighted by Gasteiger charge is 2.14. The fourth-order valence-corrected chi connectivity index (χ4v) is 2.48. The maximum absolute atomic E-state index is 12.2. The molecule has 3 rings (SSSR count). The molecular weight excluding hydrogens is 300 g/mol. The third kappa shape index (κ3) is 2.89. The van der Waals surface area contributed by atoms with Crippen molar-refractivity contribution in [3.63, 3.8) is 0 Å². The zero-order valence-corrected chi connectivity index (χ0v) is 13.2. The Labute approximate surface area is 131 Å². The van der Waals surface area contributed by atoms with Crippen LogP contribution in [0.3, 0.4) is 0 Å². The molecule has 0 atom stereocenters. The van der Waals surface area contributed by atoms with Crippen LogP contribution in [0.25, 0.3) is 11.6 Å². The van der Waals surface area contributed by atoms with Crippen molar-refractivity contribution in [1.29, 1.82) is 0 Å². The Morgan fingerprint density at radius 2 is 2.00 bits per heavy atom. The van der Waals surface area contributed by atoms with Gasteiger partial charge >= 0.3 is 6.01 Å². The number of amides is 1. The minimum absolute atomic E-state index is 0.0591. The molecule has 0 saturated heterocycles. The van der Waals surface area contributed by atoms with Crippen LogP contribution < -0.4 is 5.32 Å². The lowest BCUT2D eigenvalue weighted by Crippen LogP contribution is -2.12. The van der Waals surface area contributed by atoms with E-state index >= 15 is 0 Å². The van der Waals surface area contributed by atoms with Gasteiger partial charge in [-0.2, -0.15) is 0 Å². The SMILES string of the molecule is Cc1nc(-c2nnc(NC(=O)c3ccc(C)c(C)c3)o2)cs1. The van der Waals surface area contributed by atoms with E-state index in [1.807, 2.05) is 38.3 Å². The average Bonchev–Trinajstić information content (AvgIpc) is 3.10. The van der Waals surface area contributed by atoms with Crippen LogP contribution in [0.15, 0.2) is 28.0 Å². The van der Waals surface area contributed by atoms with Crippen LogP contribution in [0.5, 0.6) is 0 Å². The number of carbonyl (C=O) groups is 1. The number of hydrogen-bond donors (Lipinski definition) is 1. The molecule has 0 aliphatic rings. The molecule has 2 aromatic heterocycles. The van der Waals surface area contributed by atoms with Crippen LogP contribution in [0.4, 0.5) is 6.01 Å². The molecule has 0 radical (unpaired) electrons. The second-order valence-electron chi connectivity index (χ2n) is 4.92. The van der Waals surface area contributed by atoms with E-state index in [0.717, 1.165) is 16.1 Å². The first-order valence-electron chi connectivity index (χ1n) is 6.67. The summed E-state index contributed by atoms with van der Waals surface area (Å²) in [5.41, 5.74) is 3.35. The van der Waals surface area contributed by atoms with Crippen molar-refractivity contribution in [2.45, 2.75) is 20.8 Å². The van der Waals surface area contributed by atoms with E-state index in [-0.39, 0.29) is 11.9 Å². The Kier molecular flexibility index (Phi) is 3.72. The third-order valence-electron chi connectivity index (χ3n) is 3.25. The van der Waals surface area contributed by atoms with E-state index in [4.69, 9.17) is 4.42 Å². The van der Waals surface area contributed by atoms with Gasteiger partial charge in [0.2, 0.25) is 0 Å². The first-order chi connectivity index (χ1) is 10.5. The predicted octanol–water partition coefficient (Wildman–Crippen LogP) is 3.37. The Bertz CT molecular complexity index is 838. The highest BCUT2D eigenvalue weighted by Crippen LogP contribution is 2.22. The molecule has 2 heterocycles. The van der Waals surface area contributed by atoms with Crippen molar-refractivity contribution in [2.24, 2.45) is 0 Å². The quantitative estimate of drug-likeness (QED) is 0.801. The Hall–Kier alpha value is -2.54. The number of nitrogens with one attached hydrogen (secondary N) is 1. The maximum atomic E-state index is 12.2. The second-order valence-corrected chi connectivity index (χ2v) is 5.98. The normalized spacial score (nSPS) is 10.7. The summed E-state index contributed by atoms with van der Waals surface area (Å²) in [5, 5.41) is 13.1. The lowest BCUT2D eigenvalue weighted by atomic mass is 10.1. The zero-order chi connectivity index (χ0) is 15.7. The number of thiazole rings is 1. The van der Waals surface area contributed by atoms with Gasteiger partial charge in [0, 0.05) is 10.9 Å². The number of nitrogens with zero attached hydrogens (tertiary/aromatic N) is 3. The van der Waals surface area contributed by atoms with Gasteiger partial charge in [-0.15, -0.1) is 16.4 Å². The summed E-state index contributed by atoms with van der Waals surface area (Å²) in [5.74, 6) is 0.00694. The average molecular weight is 314 g/mol. The molecule has 6 nitrogen and oxygen atoms in total. The summed E-state index contributed by atoms with van der Waals surface area (Å²) in [6.45, 7) is 5.85. The minimum Gasteiger partial charge on any atom is -0.401 e. The Morgan fingerprint density at radius 3 is 2.68 bits per heavy atom. The summed E-state index contributed by atoms with van der Waals surface area (Å²) in [4.78, 5) is 16.4. The summed E-state index contributed by atoms with van der Waals surface area (Å²) in [7, 11) is 0. The van der Waals surface area contributed by atoms with Crippen LogP contribution in [-0.4, -0.2) is 21.1 Å². The van der Waals surface area contributed by atoms with Crippen molar-refractivity contribution in [3.8, 4) is 11.6 Å². The summed E-state index contributed by atoms with van der Waals surface area (Å²) < 4.78 is 5.42. The van der Waals surface area contributed by atoms with Crippen molar-refractivity contribution < 1.29 is 9.21 Å². The number of benzene rings is 1. The monoisotopic (exact) mass is 314 g/mol. The largest absolute Gasteiger partial charge is 0.401 e. The molecule has 0 bridgehead atoms. The van der Waals surface area contributed by atoms with Gasteiger partial charge in [0.25, 0.3) is 11.8 Å². The molecule has 0 fully saturated rings. The van der Waals surface area contributed by atoms with Crippen molar-refractivity contribution in [1.82, 2.24) is 15.2 Å². The number of carbonyl (C=O) groups excluding carboxylic acids is 1. The van der Waals surface area contributed by atoms with Crippen LogP contribution in [-0.2, 0) is 0 Å². The van der Waals surface area contributed by atoms with Crippen LogP contribution in [0.1, 0.15) is 26.5 Å². The highest BCUT2D eigenvalue weighted by atomic mass is 32.1. The molecule has 0 aliphatic heterocycles. The van der Waals surface area contributed by atoms with E-state index in [2.05, 4.69) is 20.5 Å². The van der Waals surface area contributed by atoms with Gasteiger partial charge in [-0.05, 0) is 44.0 Å². The van der Waals surface area contributed by atoms with E-state index in [1.165, 1.54) is 11.3 Å². The van der Waals surface area contributed by atoms with E-state index in [1.54, 1.807) is 6.07 Å². The summed E-state index contributed by atoms with van der Waals surface area (Å²) in [6, 6.07) is 5.55. The zero-order valence-electron chi connectivity index (χ0n) is 12.4. The van der Waals surface area contributed by atoms with Gasteiger partial charge in [-0.1, -0.05) is 11.2 Å². The molecule has 0 unspecified atom stereocenters. The van der Waals surface area contributed by atoms with Crippen molar-refractivity contribution in [3.05, 3.63) is 45.3 Å². The number of rotatable bonds is 3. The maximum Gasteiger partial charge on any atom is 0.322 e. The molecule has 0 aliphatic carbocycles. The second kappa shape index (κ2) is 5.69. The standard InChI is InChI=1S/C15H14N4O2S/c1-8-4-5-11(6-9(8)2)13(20)17-15-19-18-14(21-15)12-7-22-10(3)16-12/h4-7H,1-3H3,(H,17,19,20). The van der Waals surface area contributed by atoms with Gasteiger partial charge < -0.3 is 4.42 Å². The molecular formula is C15H14N4O2S. The van der Waals surface area contributed by atoms with Gasteiger partial charge in [0.1, 0.15) is 5.69 Å². The predicted molar refractivity (Wildman–Crippen MR) is 84.0 cm³/mol. The molecule has 1 N–H and O–H groups in total. The molecule has 0 saturated carbocycles. The molecule has 1 aromatic carbocycles. The van der Waals surface area contributed by atoms with E-state index < -0.39 is 0 Å². The molecule has 0 spiro atoms. The fraction of sp³-hybridized carbons (Fsp3) is 0.200. The van der Waals surface area contributed by atoms with Crippen LogP contribution in [0, 0.1) is 20.8 Å². The fourth-order valence-electron chi connectivity index (χ4n) is 1.89. The lowest BCUT2D eigenvalue weighted by Gasteiger charge is -2.04. The first-order valence-corrected chi connectivity index (χ1v) is 7.55. The van der Waals surface area contributed by atoms with Crippen LogP contribution in [0.2, 0.25) is 0 Å². The smallest absolute Gasteiger partial charge is 0.322 e. The topological polar surface area (TPSA) is 80.9 Å². The molecule has 3 aromatic rings. The van der Waals surface area contributed by atoms with Gasteiger partial charge in [0.15, 0.2) is 0 Å². The van der Waals surface area contributed by atoms with Crippen LogP contribution >= 0.6 is 11.3 Å². The summed E-state index contributed by atoms with van der Waals surface area (Å²) in [6.07, 6.45) is 0. The molecule has 22 heavy (non-hydrogen) atoms.